The summed E-state index contributed by atoms with van der Waals surface area (Å²) in [5.41, 5.74) is 5.37. The van der Waals surface area contributed by atoms with Gasteiger partial charge < -0.3 is 20.1 Å². The molecular formula is C56H102NO8P. The third-order valence-corrected chi connectivity index (χ3v) is 12.6. The van der Waals surface area contributed by atoms with Gasteiger partial charge in [-0.25, -0.2) is 4.57 Å². The predicted octanol–water partition coefficient (Wildman–Crippen LogP) is 16.8. The van der Waals surface area contributed by atoms with E-state index < -0.39 is 26.5 Å². The monoisotopic (exact) mass is 948 g/mol. The van der Waals surface area contributed by atoms with E-state index in [-0.39, 0.29) is 38.6 Å². The van der Waals surface area contributed by atoms with Crippen LogP contribution in [0.5, 0.6) is 0 Å². The first-order valence-corrected chi connectivity index (χ1v) is 28.8. The number of carbonyl (C=O) groups excluding carboxylic acids is 2. The summed E-state index contributed by atoms with van der Waals surface area (Å²) in [6, 6.07) is 0. The van der Waals surface area contributed by atoms with Crippen molar-refractivity contribution in [3.63, 3.8) is 0 Å². The van der Waals surface area contributed by atoms with Gasteiger partial charge in [-0.3, -0.25) is 18.6 Å². The number of phosphoric ester groups is 1. The Labute approximate surface area is 406 Å². The van der Waals surface area contributed by atoms with Gasteiger partial charge in [-0.1, -0.05) is 222 Å². The van der Waals surface area contributed by atoms with E-state index in [0.717, 1.165) is 83.5 Å². The molecule has 3 N–H and O–H groups in total. The lowest BCUT2D eigenvalue weighted by Crippen LogP contribution is -2.29. The standard InChI is InChI=1S/C56H102NO8P/c1-3-5-7-9-11-13-15-17-19-21-22-23-24-25-26-27-28-29-30-31-32-33-35-37-39-41-43-45-47-49-56(59)65-54(53-64-66(60,61)63-51-50-57)52-62-55(58)48-46-44-42-40-38-36-34-20-18-16-14-12-10-8-6-4-2/h5,7,11,13,17,19-20,22-23,34,54H,3-4,6,8-10,12,14-16,18,21,24-33,35-53,57H2,1-2H3,(H,60,61)/b7-5-,13-11-,19-17-,23-22-,34-20-. The van der Waals surface area contributed by atoms with Crippen LogP contribution in [0.1, 0.15) is 251 Å². The maximum Gasteiger partial charge on any atom is 0.472 e. The molecule has 0 heterocycles. The van der Waals surface area contributed by atoms with Crippen molar-refractivity contribution in [2.45, 2.75) is 258 Å². The van der Waals surface area contributed by atoms with Crippen LogP contribution in [0.4, 0.5) is 0 Å². The number of rotatable bonds is 51. The van der Waals surface area contributed by atoms with Gasteiger partial charge in [-0.2, -0.15) is 0 Å². The molecule has 66 heavy (non-hydrogen) atoms. The van der Waals surface area contributed by atoms with Crippen LogP contribution in [0.2, 0.25) is 0 Å². The normalized spacial score (nSPS) is 13.6. The molecule has 0 aromatic rings. The molecular weight excluding hydrogens is 846 g/mol. The molecule has 2 atom stereocenters. The maximum absolute atomic E-state index is 12.7. The van der Waals surface area contributed by atoms with Gasteiger partial charge in [0.25, 0.3) is 0 Å². The highest BCUT2D eigenvalue weighted by molar-refractivity contribution is 7.47. The van der Waals surface area contributed by atoms with Crippen molar-refractivity contribution in [1.82, 2.24) is 0 Å². The lowest BCUT2D eigenvalue weighted by molar-refractivity contribution is -0.161. The van der Waals surface area contributed by atoms with Crippen molar-refractivity contribution in [2.24, 2.45) is 5.73 Å². The molecule has 0 rings (SSSR count). The fraction of sp³-hybridized carbons (Fsp3) is 0.786. The number of carbonyl (C=O) groups is 2. The SMILES string of the molecule is CC/C=C\C/C=C\C/C=C\C/C=C\CCCCCCCCCCCCCCCCCCC(=O)OC(COC(=O)CCCCCCC/C=C\CCCCCCCCC)COP(=O)(O)OCCN. The quantitative estimate of drug-likeness (QED) is 0.0264. The van der Waals surface area contributed by atoms with Crippen LogP contribution in [-0.4, -0.2) is 49.3 Å². The smallest absolute Gasteiger partial charge is 0.462 e. The van der Waals surface area contributed by atoms with Crippen molar-refractivity contribution in [1.29, 1.82) is 0 Å². The molecule has 0 aromatic carbocycles. The summed E-state index contributed by atoms with van der Waals surface area (Å²) in [4.78, 5) is 35.1. The Morgan fingerprint density at radius 1 is 0.470 bits per heavy atom. The van der Waals surface area contributed by atoms with Crippen LogP contribution < -0.4 is 5.73 Å². The fourth-order valence-corrected chi connectivity index (χ4v) is 8.39. The Bertz CT molecular complexity index is 1260. The van der Waals surface area contributed by atoms with Gasteiger partial charge in [0, 0.05) is 19.4 Å². The Hall–Kier alpha value is -2.29. The number of phosphoric acid groups is 1. The van der Waals surface area contributed by atoms with Crippen LogP contribution >= 0.6 is 7.82 Å². The molecule has 9 nitrogen and oxygen atoms in total. The van der Waals surface area contributed by atoms with Crippen molar-refractivity contribution >= 4 is 19.8 Å². The van der Waals surface area contributed by atoms with Gasteiger partial charge in [-0.05, 0) is 77.0 Å². The molecule has 0 aliphatic heterocycles. The molecule has 0 aliphatic carbocycles. The van der Waals surface area contributed by atoms with Crippen molar-refractivity contribution in [3.8, 4) is 0 Å². The van der Waals surface area contributed by atoms with E-state index in [1.807, 2.05) is 0 Å². The predicted molar refractivity (Wildman–Crippen MR) is 279 cm³/mol. The second-order valence-electron chi connectivity index (χ2n) is 18.1. The molecule has 0 saturated carbocycles. The number of nitrogens with two attached hydrogens (primary N) is 1. The highest BCUT2D eigenvalue weighted by Crippen LogP contribution is 2.43. The lowest BCUT2D eigenvalue weighted by Gasteiger charge is -2.19. The van der Waals surface area contributed by atoms with E-state index in [0.29, 0.717) is 6.42 Å². The zero-order chi connectivity index (χ0) is 48.1. The van der Waals surface area contributed by atoms with Crippen molar-refractivity contribution in [2.75, 3.05) is 26.4 Å². The van der Waals surface area contributed by atoms with E-state index in [9.17, 15) is 19.0 Å². The molecule has 0 radical (unpaired) electrons. The third kappa shape index (κ3) is 51.1. The van der Waals surface area contributed by atoms with Gasteiger partial charge in [0.1, 0.15) is 6.61 Å². The first-order valence-electron chi connectivity index (χ1n) is 27.3. The second kappa shape index (κ2) is 52.1. The number of esters is 2. The Morgan fingerprint density at radius 3 is 1.26 bits per heavy atom. The molecule has 0 aliphatic rings. The van der Waals surface area contributed by atoms with Gasteiger partial charge >= 0.3 is 19.8 Å². The average molecular weight is 948 g/mol. The minimum absolute atomic E-state index is 0.0518. The average Bonchev–Trinajstić information content (AvgIpc) is 3.31. The number of unbranched alkanes of at least 4 members (excludes halogenated alkanes) is 28. The van der Waals surface area contributed by atoms with Gasteiger partial charge in [0.05, 0.1) is 13.2 Å². The van der Waals surface area contributed by atoms with Gasteiger partial charge in [0.2, 0.25) is 0 Å². The van der Waals surface area contributed by atoms with Crippen LogP contribution in [0.25, 0.3) is 0 Å². The van der Waals surface area contributed by atoms with E-state index in [1.54, 1.807) is 0 Å². The third-order valence-electron chi connectivity index (χ3n) is 11.6. The summed E-state index contributed by atoms with van der Waals surface area (Å²) < 4.78 is 33.0. The Balaban J connectivity index is 3.95. The molecule has 2 unspecified atom stereocenters. The highest BCUT2D eigenvalue weighted by atomic mass is 31.2. The number of ether oxygens (including phenoxy) is 2. The molecule has 0 fully saturated rings. The summed E-state index contributed by atoms with van der Waals surface area (Å²) in [6.07, 6.45) is 64.1. The lowest BCUT2D eigenvalue weighted by atomic mass is 10.0. The zero-order valence-corrected chi connectivity index (χ0v) is 43.6. The number of allylic oxidation sites excluding steroid dienone is 10. The van der Waals surface area contributed by atoms with E-state index in [1.165, 1.54) is 135 Å². The van der Waals surface area contributed by atoms with E-state index >= 15 is 0 Å². The first-order chi connectivity index (χ1) is 32.3. The Morgan fingerprint density at radius 2 is 0.833 bits per heavy atom. The van der Waals surface area contributed by atoms with E-state index in [2.05, 4.69) is 74.6 Å². The van der Waals surface area contributed by atoms with Gasteiger partial charge in [-0.15, -0.1) is 0 Å². The Kier molecular flexibility index (Phi) is 50.3. The van der Waals surface area contributed by atoms with Crippen LogP contribution in [0.3, 0.4) is 0 Å². The largest absolute Gasteiger partial charge is 0.472 e. The zero-order valence-electron chi connectivity index (χ0n) is 42.7. The molecule has 10 heteroatoms. The van der Waals surface area contributed by atoms with Crippen LogP contribution in [0, 0.1) is 0 Å². The summed E-state index contributed by atoms with van der Waals surface area (Å²) in [7, 11) is -4.39. The molecule has 0 bridgehead atoms. The minimum Gasteiger partial charge on any atom is -0.462 e. The number of hydrogen-bond donors (Lipinski definition) is 2. The van der Waals surface area contributed by atoms with Crippen molar-refractivity contribution < 1.29 is 37.6 Å². The second-order valence-corrected chi connectivity index (χ2v) is 19.5. The first kappa shape index (κ1) is 63.7. The summed E-state index contributed by atoms with van der Waals surface area (Å²) in [5, 5.41) is 0. The molecule has 0 spiro atoms. The fourth-order valence-electron chi connectivity index (χ4n) is 7.62. The molecule has 0 saturated heterocycles. The summed E-state index contributed by atoms with van der Waals surface area (Å²) in [6.45, 7) is 3.64. The minimum atomic E-state index is -4.39. The maximum atomic E-state index is 12.7. The topological polar surface area (TPSA) is 134 Å². The molecule has 384 valence electrons. The van der Waals surface area contributed by atoms with E-state index in [4.69, 9.17) is 24.3 Å². The number of hydrogen-bond acceptors (Lipinski definition) is 8. The van der Waals surface area contributed by atoms with Gasteiger partial charge in [0.15, 0.2) is 6.10 Å². The van der Waals surface area contributed by atoms with Crippen molar-refractivity contribution in [3.05, 3.63) is 60.8 Å². The molecule has 0 aromatic heterocycles. The molecule has 0 amide bonds. The highest BCUT2D eigenvalue weighted by Gasteiger charge is 2.26. The van der Waals surface area contributed by atoms with Crippen LogP contribution in [0.15, 0.2) is 60.8 Å². The summed E-state index contributed by atoms with van der Waals surface area (Å²) >= 11 is 0. The summed E-state index contributed by atoms with van der Waals surface area (Å²) in [5.74, 6) is -0.831. The van der Waals surface area contributed by atoms with Crippen LogP contribution in [-0.2, 0) is 32.7 Å².